The first-order valence-electron chi connectivity index (χ1n) is 8.34. The van der Waals surface area contributed by atoms with Crippen molar-refractivity contribution in [3.63, 3.8) is 0 Å². The van der Waals surface area contributed by atoms with Gasteiger partial charge in [0, 0.05) is 19.1 Å². The van der Waals surface area contributed by atoms with Crippen LogP contribution in [0.2, 0.25) is 0 Å². The van der Waals surface area contributed by atoms with Gasteiger partial charge >= 0.3 is 12.4 Å². The minimum absolute atomic E-state index is 0.0666. The Kier molecular flexibility index (Phi) is 5.40. The van der Waals surface area contributed by atoms with Crippen LogP contribution in [0.15, 0.2) is 12.1 Å². The Morgan fingerprint density at radius 1 is 1.10 bits per heavy atom. The molecule has 3 rings (SSSR count). The number of rotatable bonds is 4. The molecule has 29 heavy (non-hydrogen) atoms. The third-order valence-corrected chi connectivity index (χ3v) is 5.74. The fourth-order valence-corrected chi connectivity index (χ4v) is 4.33. The molecular weight excluding hydrogens is 430 g/mol. The van der Waals surface area contributed by atoms with Crippen LogP contribution in [0.25, 0.3) is 5.65 Å². The van der Waals surface area contributed by atoms with Gasteiger partial charge in [0.05, 0.1) is 6.26 Å². The highest BCUT2D eigenvalue weighted by Gasteiger charge is 2.40. The fraction of sp³-hybridized carbons (Fsp3) is 0.643. The lowest BCUT2D eigenvalue weighted by Crippen LogP contribution is -2.50. The maximum Gasteiger partial charge on any atom is 0.453 e. The van der Waals surface area contributed by atoms with Crippen molar-refractivity contribution in [1.82, 2.24) is 24.1 Å². The summed E-state index contributed by atoms with van der Waals surface area (Å²) in [5.74, 6) is -1.14. The van der Waals surface area contributed by atoms with Gasteiger partial charge in [-0.05, 0) is 25.0 Å². The molecule has 0 unspecified atom stereocenters. The minimum atomic E-state index is -4.76. The zero-order valence-corrected chi connectivity index (χ0v) is 15.8. The Bertz CT molecular complexity index is 981. The van der Waals surface area contributed by atoms with E-state index in [0.29, 0.717) is 15.1 Å². The van der Waals surface area contributed by atoms with E-state index in [4.69, 9.17) is 0 Å². The summed E-state index contributed by atoms with van der Waals surface area (Å²) in [5.41, 5.74) is -0.107. The summed E-state index contributed by atoms with van der Waals surface area (Å²) in [6.07, 6.45) is -8.60. The number of nitrogens with zero attached hydrogens (tertiary/aromatic N) is 6. The number of halogens is 6. The van der Waals surface area contributed by atoms with Crippen LogP contribution in [0, 0.1) is 0 Å². The van der Waals surface area contributed by atoms with Crippen molar-refractivity contribution in [2.75, 3.05) is 30.8 Å². The van der Waals surface area contributed by atoms with Crippen LogP contribution in [-0.2, 0) is 16.2 Å². The van der Waals surface area contributed by atoms with E-state index < -0.39 is 40.8 Å². The first kappa shape index (κ1) is 21.5. The molecule has 1 aliphatic rings. The number of aromatic nitrogens is 4. The number of hydrogen-bond acceptors (Lipinski definition) is 6. The smallest absolute Gasteiger partial charge is 0.355 e. The Balaban J connectivity index is 1.78. The predicted octanol–water partition coefficient (Wildman–Crippen LogP) is 1.94. The molecule has 0 aliphatic carbocycles. The summed E-state index contributed by atoms with van der Waals surface area (Å²) < 4.78 is 102. The molecule has 0 bridgehead atoms. The van der Waals surface area contributed by atoms with Gasteiger partial charge in [-0.15, -0.1) is 15.3 Å². The highest BCUT2D eigenvalue weighted by atomic mass is 32.2. The molecule has 1 fully saturated rings. The van der Waals surface area contributed by atoms with E-state index in [9.17, 15) is 34.8 Å². The summed E-state index contributed by atoms with van der Waals surface area (Å²) in [4.78, 5) is 1.57. The van der Waals surface area contributed by atoms with Gasteiger partial charge in [-0.25, -0.2) is 8.42 Å². The van der Waals surface area contributed by atoms with Gasteiger partial charge in [0.25, 0.3) is 5.82 Å². The third-order valence-electron chi connectivity index (χ3n) is 4.46. The van der Waals surface area contributed by atoms with Crippen molar-refractivity contribution in [1.29, 1.82) is 0 Å². The molecule has 1 saturated heterocycles. The molecule has 0 saturated carbocycles. The summed E-state index contributed by atoms with van der Waals surface area (Å²) in [6.45, 7) is -1.34. The Morgan fingerprint density at radius 2 is 1.72 bits per heavy atom. The molecule has 0 atom stereocenters. The summed E-state index contributed by atoms with van der Waals surface area (Å²) >= 11 is 0. The SMILES string of the molecule is CS(=O)(=O)N(CC(F)(F)F)C1CCN(c2ccc3nnc(C(F)(F)F)n3n2)CC1. The van der Waals surface area contributed by atoms with E-state index in [1.54, 1.807) is 4.90 Å². The second kappa shape index (κ2) is 7.27. The maximum absolute atomic E-state index is 13.0. The second-order valence-electron chi connectivity index (χ2n) is 6.62. The number of hydrogen-bond donors (Lipinski definition) is 0. The zero-order valence-electron chi connectivity index (χ0n) is 14.9. The van der Waals surface area contributed by atoms with E-state index in [0.717, 1.165) is 0 Å². The molecule has 2 aromatic heterocycles. The Labute approximate surface area is 161 Å². The van der Waals surface area contributed by atoms with Crippen LogP contribution >= 0.6 is 0 Å². The van der Waals surface area contributed by atoms with Gasteiger partial charge in [0.15, 0.2) is 5.65 Å². The van der Waals surface area contributed by atoms with Gasteiger partial charge in [-0.1, -0.05) is 0 Å². The maximum atomic E-state index is 13.0. The standard InChI is InChI=1S/C14H16F6N6O2S/c1-29(27,28)25(8-13(15,16)17)9-4-6-24(7-5-9)11-3-2-10-21-22-12(14(18,19)20)26(10)23-11/h2-3,9H,4-8H2,1H3. The molecule has 0 aromatic carbocycles. The van der Waals surface area contributed by atoms with Crippen LogP contribution in [0.5, 0.6) is 0 Å². The van der Waals surface area contributed by atoms with Crippen molar-refractivity contribution in [2.45, 2.75) is 31.2 Å². The van der Waals surface area contributed by atoms with Crippen molar-refractivity contribution >= 4 is 21.5 Å². The Hall–Kier alpha value is -2.16. The largest absolute Gasteiger partial charge is 0.453 e. The van der Waals surface area contributed by atoms with Gasteiger partial charge < -0.3 is 4.90 Å². The Morgan fingerprint density at radius 3 is 2.24 bits per heavy atom. The van der Waals surface area contributed by atoms with E-state index >= 15 is 0 Å². The average molecular weight is 446 g/mol. The van der Waals surface area contributed by atoms with Crippen LogP contribution in [0.4, 0.5) is 32.2 Å². The van der Waals surface area contributed by atoms with Crippen molar-refractivity contribution in [2.24, 2.45) is 0 Å². The molecular formula is C14H16F6N6O2S. The number of alkyl halides is 6. The monoisotopic (exact) mass is 446 g/mol. The van der Waals surface area contributed by atoms with Crippen LogP contribution in [0.1, 0.15) is 18.7 Å². The number of piperidine rings is 1. The zero-order chi connectivity index (χ0) is 21.6. The third kappa shape index (κ3) is 4.88. The van der Waals surface area contributed by atoms with Crippen molar-refractivity contribution in [3.8, 4) is 0 Å². The molecule has 2 aromatic rings. The van der Waals surface area contributed by atoms with Crippen LogP contribution < -0.4 is 4.90 Å². The topological polar surface area (TPSA) is 83.7 Å². The second-order valence-corrected chi connectivity index (χ2v) is 8.56. The summed E-state index contributed by atoms with van der Waals surface area (Å²) in [7, 11) is -4.09. The summed E-state index contributed by atoms with van der Waals surface area (Å²) in [6, 6.07) is 1.85. The van der Waals surface area contributed by atoms with E-state index in [1.807, 2.05) is 0 Å². The van der Waals surface area contributed by atoms with E-state index in [2.05, 4.69) is 15.3 Å². The molecule has 0 N–H and O–H groups in total. The fourth-order valence-electron chi connectivity index (χ4n) is 3.20. The number of fused-ring (bicyclic) bond motifs is 1. The summed E-state index contributed by atoms with van der Waals surface area (Å²) in [5, 5.41) is 10.4. The van der Waals surface area contributed by atoms with E-state index in [1.165, 1.54) is 12.1 Å². The normalized spacial score (nSPS) is 17.4. The van der Waals surface area contributed by atoms with Gasteiger partial charge in [0.2, 0.25) is 10.0 Å². The van der Waals surface area contributed by atoms with Crippen molar-refractivity contribution in [3.05, 3.63) is 18.0 Å². The van der Waals surface area contributed by atoms with Crippen LogP contribution in [0.3, 0.4) is 0 Å². The lowest BCUT2D eigenvalue weighted by atomic mass is 10.1. The van der Waals surface area contributed by atoms with Gasteiger partial charge in [0.1, 0.15) is 12.4 Å². The average Bonchev–Trinajstić information content (AvgIpc) is 3.01. The minimum Gasteiger partial charge on any atom is -0.355 e. The first-order chi connectivity index (χ1) is 13.3. The molecule has 1 aliphatic heterocycles. The molecule has 3 heterocycles. The van der Waals surface area contributed by atoms with Crippen LogP contribution in [-0.4, -0.2) is 70.6 Å². The van der Waals surface area contributed by atoms with Gasteiger partial charge in [-0.3, -0.25) is 0 Å². The van der Waals surface area contributed by atoms with Gasteiger partial charge in [-0.2, -0.15) is 35.2 Å². The molecule has 0 amide bonds. The molecule has 8 nitrogen and oxygen atoms in total. The van der Waals surface area contributed by atoms with Crippen molar-refractivity contribution < 1.29 is 34.8 Å². The molecule has 0 spiro atoms. The highest BCUT2D eigenvalue weighted by Crippen LogP contribution is 2.29. The predicted molar refractivity (Wildman–Crippen MR) is 88.6 cm³/mol. The highest BCUT2D eigenvalue weighted by molar-refractivity contribution is 7.88. The lowest BCUT2D eigenvalue weighted by molar-refractivity contribution is -0.146. The molecule has 0 radical (unpaired) electrons. The quantitative estimate of drug-likeness (QED) is 0.668. The first-order valence-corrected chi connectivity index (χ1v) is 10.2. The number of sulfonamides is 1. The number of anilines is 1. The van der Waals surface area contributed by atoms with E-state index in [-0.39, 0.29) is 37.4 Å². The molecule has 162 valence electrons. The molecule has 15 heteroatoms. The lowest BCUT2D eigenvalue weighted by Gasteiger charge is -2.37.